The summed E-state index contributed by atoms with van der Waals surface area (Å²) in [7, 11) is 0. The van der Waals surface area contributed by atoms with E-state index in [-0.39, 0.29) is 0 Å². The zero-order valence-electron chi connectivity index (χ0n) is 13.1. The standard InChI is InChI=1S/C17H36/c1-6-7-8-9-12-17(14-16(4)5)13-10-11-15(2)3/h15-17H,6-14H2,1-5H3. The fraction of sp³-hybridized carbons (Fsp3) is 1.00. The molecule has 0 N–H and O–H groups in total. The van der Waals surface area contributed by atoms with Crippen molar-refractivity contribution in [2.75, 3.05) is 0 Å². The van der Waals surface area contributed by atoms with Gasteiger partial charge in [0.15, 0.2) is 0 Å². The van der Waals surface area contributed by atoms with Gasteiger partial charge in [0, 0.05) is 0 Å². The maximum Gasteiger partial charge on any atom is -0.0412 e. The fourth-order valence-corrected chi connectivity index (χ4v) is 2.72. The highest BCUT2D eigenvalue weighted by molar-refractivity contribution is 4.63. The van der Waals surface area contributed by atoms with Crippen LogP contribution in [0.3, 0.4) is 0 Å². The quantitative estimate of drug-likeness (QED) is 0.364. The average Bonchev–Trinajstić information content (AvgIpc) is 2.22. The number of rotatable bonds is 11. The van der Waals surface area contributed by atoms with Crippen LogP contribution in [0.25, 0.3) is 0 Å². The molecule has 0 aromatic carbocycles. The largest absolute Gasteiger partial charge is 0.0654 e. The maximum absolute atomic E-state index is 2.38. The summed E-state index contributed by atoms with van der Waals surface area (Å²) in [6.45, 7) is 11.7. The third kappa shape index (κ3) is 12.2. The average molecular weight is 240 g/mol. The van der Waals surface area contributed by atoms with Crippen LogP contribution in [0.5, 0.6) is 0 Å². The Labute approximate surface area is 111 Å². The summed E-state index contributed by atoms with van der Waals surface area (Å²) in [6, 6.07) is 0. The van der Waals surface area contributed by atoms with E-state index in [0.717, 1.165) is 17.8 Å². The Hall–Kier alpha value is 0. The number of hydrogen-bond acceptors (Lipinski definition) is 0. The molecule has 17 heavy (non-hydrogen) atoms. The van der Waals surface area contributed by atoms with E-state index >= 15 is 0 Å². The van der Waals surface area contributed by atoms with E-state index in [0.29, 0.717) is 0 Å². The van der Waals surface area contributed by atoms with Gasteiger partial charge in [-0.25, -0.2) is 0 Å². The predicted molar refractivity (Wildman–Crippen MR) is 80.4 cm³/mol. The summed E-state index contributed by atoms with van der Waals surface area (Å²) in [5.74, 6) is 2.77. The van der Waals surface area contributed by atoms with Crippen molar-refractivity contribution >= 4 is 0 Å². The lowest BCUT2D eigenvalue weighted by Crippen LogP contribution is -2.05. The first-order valence-electron chi connectivity index (χ1n) is 8.06. The van der Waals surface area contributed by atoms with Gasteiger partial charge in [0.2, 0.25) is 0 Å². The first kappa shape index (κ1) is 17.0. The Morgan fingerprint density at radius 1 is 0.647 bits per heavy atom. The molecule has 1 unspecified atom stereocenters. The zero-order chi connectivity index (χ0) is 13.1. The third-order valence-corrected chi connectivity index (χ3v) is 3.66. The van der Waals surface area contributed by atoms with Crippen LogP contribution in [0.4, 0.5) is 0 Å². The predicted octanol–water partition coefficient (Wildman–Crippen LogP) is 6.45. The van der Waals surface area contributed by atoms with Gasteiger partial charge in [-0.1, -0.05) is 86.0 Å². The van der Waals surface area contributed by atoms with Crippen LogP contribution >= 0.6 is 0 Å². The van der Waals surface area contributed by atoms with Crippen LogP contribution in [0.2, 0.25) is 0 Å². The van der Waals surface area contributed by atoms with E-state index in [1.807, 2.05) is 0 Å². The topological polar surface area (TPSA) is 0 Å². The second-order valence-electron chi connectivity index (χ2n) is 6.67. The van der Waals surface area contributed by atoms with Crippen LogP contribution in [-0.4, -0.2) is 0 Å². The minimum atomic E-state index is 0.880. The molecule has 0 aromatic heterocycles. The Balaban J connectivity index is 3.71. The van der Waals surface area contributed by atoms with Crippen molar-refractivity contribution in [1.29, 1.82) is 0 Å². The molecule has 0 aliphatic heterocycles. The molecule has 0 fully saturated rings. The monoisotopic (exact) mass is 240 g/mol. The van der Waals surface area contributed by atoms with Crippen LogP contribution in [-0.2, 0) is 0 Å². The summed E-state index contributed by atoms with van der Waals surface area (Å²) in [5, 5.41) is 0. The number of unbranched alkanes of at least 4 members (excludes halogenated alkanes) is 3. The molecule has 0 saturated carbocycles. The molecule has 0 amide bonds. The molecule has 104 valence electrons. The summed E-state index contributed by atoms with van der Waals surface area (Å²) in [4.78, 5) is 0. The number of hydrogen-bond donors (Lipinski definition) is 0. The summed E-state index contributed by atoms with van der Waals surface area (Å²) >= 11 is 0. The smallest absolute Gasteiger partial charge is 0.0412 e. The summed E-state index contributed by atoms with van der Waals surface area (Å²) in [5.41, 5.74) is 0. The fourth-order valence-electron chi connectivity index (χ4n) is 2.72. The molecule has 0 aliphatic carbocycles. The van der Waals surface area contributed by atoms with Gasteiger partial charge in [-0.2, -0.15) is 0 Å². The van der Waals surface area contributed by atoms with E-state index in [1.165, 1.54) is 57.8 Å². The van der Waals surface area contributed by atoms with Crippen LogP contribution in [0.15, 0.2) is 0 Å². The highest BCUT2D eigenvalue weighted by atomic mass is 14.2. The molecule has 0 bridgehead atoms. The SMILES string of the molecule is CCCCCCC(CCCC(C)C)CC(C)C. The van der Waals surface area contributed by atoms with Crippen molar-refractivity contribution in [2.24, 2.45) is 17.8 Å². The highest BCUT2D eigenvalue weighted by Crippen LogP contribution is 2.25. The van der Waals surface area contributed by atoms with E-state index < -0.39 is 0 Å². The van der Waals surface area contributed by atoms with Crippen molar-refractivity contribution in [3.05, 3.63) is 0 Å². The van der Waals surface area contributed by atoms with Crippen LogP contribution in [0.1, 0.15) is 92.4 Å². The van der Waals surface area contributed by atoms with Gasteiger partial charge in [-0.15, -0.1) is 0 Å². The molecule has 0 heterocycles. The van der Waals surface area contributed by atoms with Crippen molar-refractivity contribution in [1.82, 2.24) is 0 Å². The first-order chi connectivity index (χ1) is 8.06. The second kappa shape index (κ2) is 11.1. The lowest BCUT2D eigenvalue weighted by Gasteiger charge is -2.19. The van der Waals surface area contributed by atoms with Crippen LogP contribution < -0.4 is 0 Å². The molecule has 1 atom stereocenters. The Kier molecular flexibility index (Phi) is 11.1. The summed E-state index contributed by atoms with van der Waals surface area (Å²) < 4.78 is 0. The molecule has 0 nitrogen and oxygen atoms in total. The van der Waals surface area contributed by atoms with Gasteiger partial charge in [0.25, 0.3) is 0 Å². The van der Waals surface area contributed by atoms with E-state index in [2.05, 4.69) is 34.6 Å². The molecule has 0 saturated heterocycles. The molecule has 0 spiro atoms. The molecule has 0 rings (SSSR count). The molecule has 0 heteroatoms. The van der Waals surface area contributed by atoms with Crippen molar-refractivity contribution in [2.45, 2.75) is 92.4 Å². The highest BCUT2D eigenvalue weighted by Gasteiger charge is 2.10. The van der Waals surface area contributed by atoms with Crippen molar-refractivity contribution in [3.8, 4) is 0 Å². The molecular weight excluding hydrogens is 204 g/mol. The molecule has 0 radical (unpaired) electrons. The maximum atomic E-state index is 2.38. The minimum Gasteiger partial charge on any atom is -0.0654 e. The van der Waals surface area contributed by atoms with E-state index in [4.69, 9.17) is 0 Å². The van der Waals surface area contributed by atoms with Gasteiger partial charge in [0.1, 0.15) is 0 Å². The van der Waals surface area contributed by atoms with Crippen molar-refractivity contribution in [3.63, 3.8) is 0 Å². The van der Waals surface area contributed by atoms with Gasteiger partial charge in [-0.3, -0.25) is 0 Å². The third-order valence-electron chi connectivity index (χ3n) is 3.66. The van der Waals surface area contributed by atoms with Crippen LogP contribution in [0, 0.1) is 17.8 Å². The normalized spacial score (nSPS) is 13.6. The minimum absolute atomic E-state index is 0.880. The zero-order valence-corrected chi connectivity index (χ0v) is 13.1. The van der Waals surface area contributed by atoms with Gasteiger partial charge in [0.05, 0.1) is 0 Å². The Bertz CT molecular complexity index is 146. The van der Waals surface area contributed by atoms with E-state index in [1.54, 1.807) is 0 Å². The lowest BCUT2D eigenvalue weighted by molar-refractivity contribution is 0.334. The second-order valence-corrected chi connectivity index (χ2v) is 6.67. The van der Waals surface area contributed by atoms with Crippen molar-refractivity contribution < 1.29 is 0 Å². The van der Waals surface area contributed by atoms with Gasteiger partial charge < -0.3 is 0 Å². The lowest BCUT2D eigenvalue weighted by atomic mass is 9.87. The Morgan fingerprint density at radius 3 is 1.82 bits per heavy atom. The van der Waals surface area contributed by atoms with Gasteiger partial charge in [-0.05, 0) is 24.2 Å². The van der Waals surface area contributed by atoms with E-state index in [9.17, 15) is 0 Å². The molecule has 0 aliphatic rings. The first-order valence-corrected chi connectivity index (χ1v) is 8.06. The Morgan fingerprint density at radius 2 is 1.29 bits per heavy atom. The summed E-state index contributed by atoms with van der Waals surface area (Å²) in [6.07, 6.45) is 13.0. The molecule has 0 aromatic rings. The molecular formula is C17H36. The van der Waals surface area contributed by atoms with Gasteiger partial charge >= 0.3 is 0 Å².